The first kappa shape index (κ1) is 24.6. The third-order valence-corrected chi connectivity index (χ3v) is 6.09. The second-order valence-corrected chi connectivity index (χ2v) is 9.17. The molecule has 0 aliphatic carbocycles. The monoisotopic (exact) mass is 518 g/mol. The largest absolute Gasteiger partial charge is 0.464 e. The van der Waals surface area contributed by atoms with Gasteiger partial charge in [0.05, 0.1) is 19.5 Å². The van der Waals surface area contributed by atoms with E-state index < -0.39 is 50.6 Å². The molecule has 0 saturated carbocycles. The number of rotatable bonds is 8. The number of hydrogen-bond acceptors (Lipinski definition) is 11. The summed E-state index contributed by atoms with van der Waals surface area (Å²) < 4.78 is 29.9. The molecule has 4 heterocycles. The second-order valence-electron chi connectivity index (χ2n) is 7.18. The van der Waals surface area contributed by atoms with Crippen LogP contribution >= 0.6 is 19.2 Å². The minimum Gasteiger partial charge on any atom is -0.464 e. The Bertz CT molecular complexity index is 1220. The van der Waals surface area contributed by atoms with Crippen molar-refractivity contribution in [2.75, 3.05) is 13.2 Å². The van der Waals surface area contributed by atoms with Crippen LogP contribution < -0.4 is 0 Å². The van der Waals surface area contributed by atoms with Crippen molar-refractivity contribution >= 4 is 36.3 Å². The molecule has 0 bridgehead atoms. The molecule has 184 valence electrons. The number of nitrogens with zero attached hydrogens (tertiary/aromatic N) is 6. The molecule has 0 spiro atoms. The predicted octanol–water partition coefficient (Wildman–Crippen LogP) is -0.632. The average molecular weight is 519 g/mol. The standard InChI is InChI=1S/C17H20ClN6O9P/c1-2-31-15(27)16(34(28,29)30)32-5-8-10(25)11(26)14(33-8)24-7-20-9-12(23-4-3-19-6-23)21-17(18)22-13(9)24/h3-4,6-8,10-11,14,16,25-26H,2,5H2,1H3,(H2,28,29,30)/t8-,10-,11-,14-,16+/m1/s1. The molecule has 3 aromatic heterocycles. The van der Waals surface area contributed by atoms with Crippen molar-refractivity contribution in [2.24, 2.45) is 0 Å². The smallest absolute Gasteiger partial charge is 0.365 e. The summed E-state index contributed by atoms with van der Waals surface area (Å²) in [7, 11) is -5.04. The van der Waals surface area contributed by atoms with Crippen LogP contribution in [0.1, 0.15) is 13.2 Å². The second kappa shape index (κ2) is 9.64. The molecule has 4 rings (SSSR count). The number of carbonyl (C=O) groups is 1. The van der Waals surface area contributed by atoms with Crippen LogP contribution in [0.2, 0.25) is 5.28 Å². The molecule has 4 N–H and O–H groups in total. The van der Waals surface area contributed by atoms with E-state index in [1.807, 2.05) is 0 Å². The van der Waals surface area contributed by atoms with Gasteiger partial charge in [-0.05, 0) is 18.5 Å². The SMILES string of the molecule is CCOC(=O)[C@@H](OC[C@H]1O[C@@H](n2cnc3c(-n4ccnc4)nc(Cl)nc32)[C@H](O)[C@@H]1O)P(=O)(O)O. The lowest BCUT2D eigenvalue weighted by molar-refractivity contribution is -0.155. The van der Waals surface area contributed by atoms with Crippen LogP contribution in [0.15, 0.2) is 25.0 Å². The number of halogens is 1. The predicted molar refractivity (Wildman–Crippen MR) is 112 cm³/mol. The first-order valence-corrected chi connectivity index (χ1v) is 11.9. The van der Waals surface area contributed by atoms with Gasteiger partial charge in [0, 0.05) is 12.4 Å². The summed E-state index contributed by atoms with van der Waals surface area (Å²) in [5, 5.41) is 20.9. The fourth-order valence-electron chi connectivity index (χ4n) is 3.43. The normalized spacial score (nSPS) is 23.9. The number of imidazole rings is 2. The number of hydrogen-bond donors (Lipinski definition) is 4. The van der Waals surface area contributed by atoms with Crippen molar-refractivity contribution < 1.29 is 43.6 Å². The number of esters is 1. The van der Waals surface area contributed by atoms with Crippen LogP contribution in [0.4, 0.5) is 0 Å². The molecule has 0 radical (unpaired) electrons. The minimum absolute atomic E-state index is 0.121. The quantitative estimate of drug-likeness (QED) is 0.167. The van der Waals surface area contributed by atoms with E-state index in [1.54, 1.807) is 10.8 Å². The summed E-state index contributed by atoms with van der Waals surface area (Å²) >= 11 is 6.07. The van der Waals surface area contributed by atoms with Gasteiger partial charge in [-0.25, -0.2) is 14.8 Å². The number of carbonyl (C=O) groups excluding carboxylic acids is 1. The molecule has 15 nitrogen and oxygen atoms in total. The van der Waals surface area contributed by atoms with Gasteiger partial charge in [0.25, 0.3) is 5.85 Å². The Labute approximate surface area is 196 Å². The number of fused-ring (bicyclic) bond motifs is 1. The van der Waals surface area contributed by atoms with Crippen molar-refractivity contribution in [1.82, 2.24) is 29.1 Å². The Balaban J connectivity index is 1.58. The number of aliphatic hydroxyl groups excluding tert-OH is 2. The fourth-order valence-corrected chi connectivity index (χ4v) is 4.21. The Kier molecular flexibility index (Phi) is 6.98. The first-order chi connectivity index (χ1) is 16.1. The van der Waals surface area contributed by atoms with Gasteiger partial charge in [0.2, 0.25) is 5.28 Å². The van der Waals surface area contributed by atoms with Crippen molar-refractivity contribution in [3.63, 3.8) is 0 Å². The molecular weight excluding hydrogens is 499 g/mol. The maximum Gasteiger partial charge on any atom is 0.365 e. The van der Waals surface area contributed by atoms with Crippen LogP contribution in [0.5, 0.6) is 0 Å². The van der Waals surface area contributed by atoms with E-state index in [0.29, 0.717) is 11.3 Å². The highest BCUT2D eigenvalue weighted by Gasteiger charge is 2.46. The van der Waals surface area contributed by atoms with Crippen LogP contribution in [-0.2, 0) is 23.6 Å². The van der Waals surface area contributed by atoms with Gasteiger partial charge in [-0.15, -0.1) is 0 Å². The summed E-state index contributed by atoms with van der Waals surface area (Å²) in [4.78, 5) is 47.2. The van der Waals surface area contributed by atoms with E-state index in [-0.39, 0.29) is 17.5 Å². The molecular formula is C17H20ClN6O9P. The van der Waals surface area contributed by atoms with Gasteiger partial charge >= 0.3 is 13.6 Å². The maximum atomic E-state index is 11.9. The number of aromatic nitrogens is 6. The van der Waals surface area contributed by atoms with Crippen LogP contribution in [0.3, 0.4) is 0 Å². The highest BCUT2D eigenvalue weighted by Crippen LogP contribution is 2.43. The van der Waals surface area contributed by atoms with Crippen LogP contribution in [0.25, 0.3) is 17.0 Å². The Hall–Kier alpha value is -2.49. The molecule has 5 atom stereocenters. The number of aliphatic hydroxyl groups is 2. The van der Waals surface area contributed by atoms with Crippen LogP contribution in [0, 0.1) is 0 Å². The molecule has 17 heteroatoms. The third-order valence-electron chi connectivity index (χ3n) is 4.95. The first-order valence-electron chi connectivity index (χ1n) is 9.85. The highest BCUT2D eigenvalue weighted by molar-refractivity contribution is 7.53. The lowest BCUT2D eigenvalue weighted by Gasteiger charge is -2.20. The molecule has 1 aliphatic heterocycles. The van der Waals surface area contributed by atoms with Gasteiger partial charge in [0.1, 0.15) is 24.6 Å². The van der Waals surface area contributed by atoms with E-state index in [2.05, 4.69) is 24.7 Å². The molecule has 0 amide bonds. The number of ether oxygens (including phenoxy) is 3. The van der Waals surface area contributed by atoms with Gasteiger partial charge < -0.3 is 34.2 Å². The molecule has 0 aromatic carbocycles. The van der Waals surface area contributed by atoms with Gasteiger partial charge in [-0.1, -0.05) is 0 Å². The van der Waals surface area contributed by atoms with E-state index in [0.717, 1.165) is 0 Å². The molecule has 34 heavy (non-hydrogen) atoms. The van der Waals surface area contributed by atoms with Gasteiger partial charge in [0.15, 0.2) is 23.2 Å². The minimum atomic E-state index is -5.04. The molecule has 3 aromatic rings. The van der Waals surface area contributed by atoms with Crippen molar-refractivity contribution in [3.05, 3.63) is 30.3 Å². The fraction of sp³-hybridized carbons (Fsp3) is 0.471. The zero-order chi connectivity index (χ0) is 24.6. The van der Waals surface area contributed by atoms with Gasteiger partial charge in [-0.2, -0.15) is 9.97 Å². The van der Waals surface area contributed by atoms with E-state index in [4.69, 9.17) is 21.1 Å². The van der Waals surface area contributed by atoms with Crippen LogP contribution in [-0.4, -0.2) is 92.4 Å². The van der Waals surface area contributed by atoms with E-state index in [1.165, 1.54) is 30.3 Å². The third kappa shape index (κ3) is 4.69. The average Bonchev–Trinajstić information content (AvgIpc) is 3.49. The Morgan fingerprint density at radius 2 is 2.06 bits per heavy atom. The lowest BCUT2D eigenvalue weighted by Crippen LogP contribution is -2.36. The molecule has 1 saturated heterocycles. The van der Waals surface area contributed by atoms with E-state index >= 15 is 0 Å². The summed E-state index contributed by atoms with van der Waals surface area (Å²) in [5.41, 5.74) is 0.484. The molecule has 1 fully saturated rings. The lowest BCUT2D eigenvalue weighted by atomic mass is 10.1. The zero-order valence-electron chi connectivity index (χ0n) is 17.4. The van der Waals surface area contributed by atoms with Crippen molar-refractivity contribution in [1.29, 1.82) is 0 Å². The molecule has 1 aliphatic rings. The summed E-state index contributed by atoms with van der Waals surface area (Å²) in [5.74, 6) is -3.16. The highest BCUT2D eigenvalue weighted by atomic mass is 35.5. The molecule has 0 unspecified atom stereocenters. The topological polar surface area (TPSA) is 204 Å². The van der Waals surface area contributed by atoms with Gasteiger partial charge in [-0.3, -0.25) is 13.7 Å². The summed E-state index contributed by atoms with van der Waals surface area (Å²) in [6, 6.07) is 0. The van der Waals surface area contributed by atoms with Crippen molar-refractivity contribution in [3.8, 4) is 5.82 Å². The van der Waals surface area contributed by atoms with E-state index in [9.17, 15) is 29.4 Å². The zero-order valence-corrected chi connectivity index (χ0v) is 19.1. The van der Waals surface area contributed by atoms with Crippen molar-refractivity contribution in [2.45, 2.75) is 37.3 Å². The Morgan fingerprint density at radius 1 is 1.29 bits per heavy atom. The maximum absolute atomic E-state index is 11.9. The summed E-state index contributed by atoms with van der Waals surface area (Å²) in [6.07, 6.45) is 0.423. The Morgan fingerprint density at radius 3 is 2.71 bits per heavy atom. The summed E-state index contributed by atoms with van der Waals surface area (Å²) in [6.45, 7) is 0.704.